The Bertz CT molecular complexity index is 3500. The van der Waals surface area contributed by atoms with Gasteiger partial charge in [-0.05, 0) is 60.7 Å². The molecular formula is C50H26N4O2. The Morgan fingerprint density at radius 3 is 1.20 bits per heavy atom. The maximum atomic E-state index is 10.3. The Labute approximate surface area is 318 Å². The number of fused-ring (bicyclic) bond motifs is 12. The van der Waals surface area contributed by atoms with E-state index in [9.17, 15) is 10.5 Å². The summed E-state index contributed by atoms with van der Waals surface area (Å²) >= 11 is 0. The van der Waals surface area contributed by atoms with Gasteiger partial charge in [0.2, 0.25) is 0 Å². The van der Waals surface area contributed by atoms with Gasteiger partial charge in [-0.1, -0.05) is 84.9 Å². The third kappa shape index (κ3) is 4.13. The molecule has 0 unspecified atom stereocenters. The van der Waals surface area contributed by atoms with E-state index in [4.69, 9.17) is 8.83 Å². The molecule has 6 heteroatoms. The lowest BCUT2D eigenvalue weighted by molar-refractivity contribution is 0.669. The van der Waals surface area contributed by atoms with Gasteiger partial charge in [0.1, 0.15) is 22.3 Å². The van der Waals surface area contributed by atoms with Gasteiger partial charge in [-0.2, -0.15) is 10.5 Å². The molecule has 0 saturated carbocycles. The fraction of sp³-hybridized carbons (Fsp3) is 0. The third-order valence-electron chi connectivity index (χ3n) is 11.4. The highest BCUT2D eigenvalue weighted by atomic mass is 16.3. The van der Waals surface area contributed by atoms with E-state index in [0.29, 0.717) is 11.1 Å². The Morgan fingerprint density at radius 2 is 0.750 bits per heavy atom. The van der Waals surface area contributed by atoms with E-state index >= 15 is 0 Å². The maximum absolute atomic E-state index is 10.3. The van der Waals surface area contributed by atoms with Crippen molar-refractivity contribution in [2.24, 2.45) is 0 Å². The third-order valence-corrected chi connectivity index (χ3v) is 11.4. The molecule has 12 rings (SSSR count). The number of nitrogens with zero attached hydrogens (tertiary/aromatic N) is 4. The van der Waals surface area contributed by atoms with Gasteiger partial charge in [0, 0.05) is 66.3 Å². The van der Waals surface area contributed by atoms with Crippen LogP contribution in [0.1, 0.15) is 11.1 Å². The lowest BCUT2D eigenvalue weighted by Gasteiger charge is -2.19. The van der Waals surface area contributed by atoms with Crippen molar-refractivity contribution in [1.82, 2.24) is 9.13 Å². The minimum Gasteiger partial charge on any atom is -0.456 e. The molecule has 6 nitrogen and oxygen atoms in total. The molecule has 0 spiro atoms. The zero-order valence-electron chi connectivity index (χ0n) is 29.6. The monoisotopic (exact) mass is 714 g/mol. The van der Waals surface area contributed by atoms with E-state index in [1.807, 2.05) is 72.8 Å². The van der Waals surface area contributed by atoms with Crippen LogP contribution >= 0.6 is 0 Å². The van der Waals surface area contributed by atoms with Gasteiger partial charge in [0.05, 0.1) is 56.7 Å². The van der Waals surface area contributed by atoms with Crippen LogP contribution in [0.3, 0.4) is 0 Å². The summed E-state index contributed by atoms with van der Waals surface area (Å²) in [5.41, 5.74) is 11.8. The fourth-order valence-corrected chi connectivity index (χ4v) is 8.92. The van der Waals surface area contributed by atoms with Crippen LogP contribution in [0.25, 0.3) is 110 Å². The Kier molecular flexibility index (Phi) is 6.10. The van der Waals surface area contributed by atoms with Crippen LogP contribution in [0, 0.1) is 22.7 Å². The normalized spacial score (nSPS) is 11.9. The summed E-state index contributed by atoms with van der Waals surface area (Å²) in [5.74, 6) is 0. The van der Waals surface area contributed by atoms with Crippen molar-refractivity contribution in [3.8, 4) is 34.6 Å². The van der Waals surface area contributed by atoms with E-state index in [2.05, 4.69) is 106 Å². The molecule has 0 aliphatic heterocycles. The fourth-order valence-electron chi connectivity index (χ4n) is 8.92. The van der Waals surface area contributed by atoms with Crippen molar-refractivity contribution in [2.75, 3.05) is 0 Å². The lowest BCUT2D eigenvalue weighted by Crippen LogP contribution is -2.02. The van der Waals surface area contributed by atoms with Crippen molar-refractivity contribution in [3.63, 3.8) is 0 Å². The van der Waals surface area contributed by atoms with Crippen molar-refractivity contribution in [2.45, 2.75) is 0 Å². The number of nitriles is 2. The molecule has 0 atom stereocenters. The van der Waals surface area contributed by atoms with Gasteiger partial charge in [-0.3, -0.25) is 0 Å². The molecule has 4 heterocycles. The van der Waals surface area contributed by atoms with Gasteiger partial charge in [0.15, 0.2) is 0 Å². The van der Waals surface area contributed by atoms with Crippen LogP contribution in [-0.4, -0.2) is 9.13 Å². The Hall–Kier alpha value is -8.06. The molecular weight excluding hydrogens is 689 g/mol. The van der Waals surface area contributed by atoms with Crippen molar-refractivity contribution >= 4 is 87.5 Å². The molecule has 0 amide bonds. The molecule has 8 aromatic carbocycles. The van der Waals surface area contributed by atoms with Crippen molar-refractivity contribution < 1.29 is 8.83 Å². The second-order valence-electron chi connectivity index (χ2n) is 14.3. The molecule has 12 aromatic rings. The van der Waals surface area contributed by atoms with Crippen LogP contribution < -0.4 is 0 Å². The van der Waals surface area contributed by atoms with Crippen LogP contribution in [0.4, 0.5) is 0 Å². The standard InChI is InChI=1S/C50H26N4O2/c51-27-29-17-19-33(43(21-29)53-41-13-5-1-9-31(41)37-23-39-35-11-3-7-15-47(35)55-49(39)25-45(37)53)34-20-18-30(28-52)22-44(34)54-42-14-6-2-10-32(42)38-24-40-36-12-4-8-16-48(36)56-50(40)26-46(38)54/h1-26H. The van der Waals surface area contributed by atoms with Crippen molar-refractivity contribution in [1.29, 1.82) is 10.5 Å². The first-order chi connectivity index (χ1) is 27.7. The summed E-state index contributed by atoms with van der Waals surface area (Å²) in [6, 6.07) is 58.3. The summed E-state index contributed by atoms with van der Waals surface area (Å²) in [7, 11) is 0. The van der Waals surface area contributed by atoms with E-state index in [0.717, 1.165) is 110 Å². The van der Waals surface area contributed by atoms with Crippen LogP contribution in [-0.2, 0) is 0 Å². The number of para-hydroxylation sites is 4. The number of hydrogen-bond acceptors (Lipinski definition) is 4. The molecule has 0 aliphatic carbocycles. The average Bonchev–Trinajstić information content (AvgIpc) is 3.98. The first-order valence-corrected chi connectivity index (χ1v) is 18.5. The Balaban J connectivity index is 1.19. The minimum atomic E-state index is 0.541. The molecule has 0 bridgehead atoms. The number of rotatable bonds is 3. The minimum absolute atomic E-state index is 0.541. The topological polar surface area (TPSA) is 83.7 Å². The number of benzene rings is 8. The lowest BCUT2D eigenvalue weighted by atomic mass is 9.97. The maximum Gasteiger partial charge on any atom is 0.137 e. The highest BCUT2D eigenvalue weighted by molar-refractivity contribution is 6.19. The molecule has 0 fully saturated rings. The van der Waals surface area contributed by atoms with E-state index < -0.39 is 0 Å². The summed E-state index contributed by atoms with van der Waals surface area (Å²) in [6.07, 6.45) is 0. The van der Waals surface area contributed by atoms with Crippen LogP contribution in [0.15, 0.2) is 167 Å². The molecule has 56 heavy (non-hydrogen) atoms. The zero-order chi connectivity index (χ0) is 37.1. The quantitative estimate of drug-likeness (QED) is 0.182. The highest BCUT2D eigenvalue weighted by Crippen LogP contribution is 2.44. The molecule has 0 saturated heterocycles. The average molecular weight is 715 g/mol. The zero-order valence-corrected chi connectivity index (χ0v) is 29.6. The number of furan rings is 2. The smallest absolute Gasteiger partial charge is 0.137 e. The SMILES string of the molecule is N#Cc1ccc(-c2ccc(C#N)cc2-n2c3ccccc3c3cc4c(cc32)oc2ccccc24)c(-n2c3ccccc3c3cc4c(cc32)oc2ccccc24)c1. The van der Waals surface area contributed by atoms with Gasteiger partial charge in [-0.15, -0.1) is 0 Å². The van der Waals surface area contributed by atoms with Crippen molar-refractivity contribution in [3.05, 3.63) is 169 Å². The first-order valence-electron chi connectivity index (χ1n) is 18.5. The van der Waals surface area contributed by atoms with E-state index in [-0.39, 0.29) is 0 Å². The number of hydrogen-bond donors (Lipinski definition) is 0. The molecule has 0 N–H and O–H groups in total. The largest absolute Gasteiger partial charge is 0.456 e. The van der Waals surface area contributed by atoms with Gasteiger partial charge >= 0.3 is 0 Å². The van der Waals surface area contributed by atoms with E-state index in [1.165, 1.54) is 0 Å². The molecule has 258 valence electrons. The molecule has 0 radical (unpaired) electrons. The summed E-state index contributed by atoms with van der Waals surface area (Å²) in [6.45, 7) is 0. The summed E-state index contributed by atoms with van der Waals surface area (Å²) in [4.78, 5) is 0. The van der Waals surface area contributed by atoms with Gasteiger partial charge in [-0.25, -0.2) is 0 Å². The van der Waals surface area contributed by atoms with Crippen LogP contribution in [0.2, 0.25) is 0 Å². The summed E-state index contributed by atoms with van der Waals surface area (Å²) < 4.78 is 17.3. The first kappa shape index (κ1) is 30.4. The molecule has 4 aromatic heterocycles. The highest BCUT2D eigenvalue weighted by Gasteiger charge is 2.23. The Morgan fingerprint density at radius 1 is 0.339 bits per heavy atom. The second kappa shape index (κ2) is 11.2. The van der Waals surface area contributed by atoms with Gasteiger partial charge in [0.25, 0.3) is 0 Å². The number of aromatic nitrogens is 2. The molecule has 0 aliphatic rings. The summed E-state index contributed by atoms with van der Waals surface area (Å²) in [5, 5.41) is 29.2. The van der Waals surface area contributed by atoms with Crippen LogP contribution in [0.5, 0.6) is 0 Å². The van der Waals surface area contributed by atoms with Gasteiger partial charge < -0.3 is 18.0 Å². The predicted octanol–water partition coefficient (Wildman–Crippen LogP) is 13.1. The second-order valence-corrected chi connectivity index (χ2v) is 14.3. The van der Waals surface area contributed by atoms with E-state index in [1.54, 1.807) is 0 Å². The predicted molar refractivity (Wildman–Crippen MR) is 225 cm³/mol.